The molecule has 1 aromatic carbocycles. The van der Waals surface area contributed by atoms with Crippen molar-refractivity contribution in [2.75, 3.05) is 13.2 Å². The molecule has 37 heavy (non-hydrogen) atoms. The number of carbonyl (C=O) groups excluding carboxylic acids is 2. The molecule has 2 aromatic heterocycles. The van der Waals surface area contributed by atoms with Crippen LogP contribution in [0.4, 0.5) is 17.6 Å². The third kappa shape index (κ3) is 4.93. The molecule has 0 bridgehead atoms. The number of nitrogens with one attached hydrogen (secondary N) is 1. The summed E-state index contributed by atoms with van der Waals surface area (Å²) >= 11 is 0. The van der Waals surface area contributed by atoms with Crippen LogP contribution in [0, 0.1) is 5.82 Å². The number of ether oxygens (including phenoxy) is 2. The number of aromatic nitrogens is 2. The van der Waals surface area contributed by atoms with Crippen LogP contribution in [0.1, 0.15) is 35.3 Å². The van der Waals surface area contributed by atoms with Crippen LogP contribution >= 0.6 is 0 Å². The fraction of sp³-hybridized carbons (Fsp3) is 0.333. The predicted octanol–water partition coefficient (Wildman–Crippen LogP) is 2.84. The van der Waals surface area contributed by atoms with E-state index in [0.29, 0.717) is 11.1 Å². The lowest BCUT2D eigenvalue weighted by molar-refractivity contribution is -0.149. The molecule has 13 heteroatoms. The van der Waals surface area contributed by atoms with Crippen LogP contribution in [0.3, 0.4) is 0 Å². The van der Waals surface area contributed by atoms with Gasteiger partial charge in [-0.2, -0.15) is 13.2 Å². The summed E-state index contributed by atoms with van der Waals surface area (Å²) in [5.74, 6) is -3.64. The lowest BCUT2D eigenvalue weighted by atomic mass is 9.98. The fourth-order valence-corrected chi connectivity index (χ4v) is 4.05. The van der Waals surface area contributed by atoms with E-state index in [-0.39, 0.29) is 29.8 Å². The molecule has 9 nitrogen and oxygen atoms in total. The number of pyridine rings is 2. The van der Waals surface area contributed by atoms with Crippen molar-refractivity contribution in [2.24, 2.45) is 0 Å². The van der Waals surface area contributed by atoms with Gasteiger partial charge in [0.15, 0.2) is 17.1 Å². The van der Waals surface area contributed by atoms with Crippen LogP contribution in [0.5, 0.6) is 11.5 Å². The second kappa shape index (κ2) is 9.37. The Balaban J connectivity index is 1.91. The van der Waals surface area contributed by atoms with Crippen LogP contribution < -0.4 is 15.6 Å². The highest BCUT2D eigenvalue weighted by Gasteiger charge is 2.44. The van der Waals surface area contributed by atoms with Crippen LogP contribution in [-0.4, -0.2) is 51.5 Å². The fourth-order valence-electron chi connectivity index (χ4n) is 4.05. The first-order valence-corrected chi connectivity index (χ1v) is 11.1. The number of nitrogens with zero attached hydrogens (tertiary/aromatic N) is 2. The predicted molar refractivity (Wildman–Crippen MR) is 121 cm³/mol. The second-order valence-corrected chi connectivity index (χ2v) is 8.58. The van der Waals surface area contributed by atoms with Gasteiger partial charge in [0.2, 0.25) is 5.60 Å². The van der Waals surface area contributed by atoms with E-state index in [1.165, 1.54) is 44.3 Å². The quantitative estimate of drug-likeness (QED) is 0.377. The zero-order valence-electron chi connectivity index (χ0n) is 19.6. The molecule has 3 heterocycles. The Kier molecular flexibility index (Phi) is 6.57. The molecule has 0 saturated carbocycles. The number of alkyl halides is 3. The number of hydrogen-bond acceptors (Lipinski definition) is 7. The van der Waals surface area contributed by atoms with E-state index in [1.54, 1.807) is 5.32 Å². The summed E-state index contributed by atoms with van der Waals surface area (Å²) in [5.41, 5.74) is -3.17. The first-order chi connectivity index (χ1) is 17.3. The van der Waals surface area contributed by atoms with E-state index in [1.807, 2.05) is 0 Å². The number of carbonyl (C=O) groups is 2. The number of aromatic hydroxyl groups is 1. The van der Waals surface area contributed by atoms with E-state index in [0.717, 1.165) is 4.57 Å². The van der Waals surface area contributed by atoms with Gasteiger partial charge in [-0.15, -0.1) is 0 Å². The van der Waals surface area contributed by atoms with E-state index in [9.17, 15) is 37.1 Å². The zero-order valence-corrected chi connectivity index (χ0v) is 19.6. The van der Waals surface area contributed by atoms with Crippen LogP contribution in [-0.2, 0) is 22.5 Å². The SMILES string of the molecule is CCOC(=O)c1c(O)c2ncc(Cc3ccc(F)cc3)c3c2n(c1=O)C[C@](C)(C(=O)NCC(F)(F)F)O3. The van der Waals surface area contributed by atoms with Gasteiger partial charge in [-0.3, -0.25) is 19.1 Å². The van der Waals surface area contributed by atoms with Crippen molar-refractivity contribution in [1.82, 2.24) is 14.9 Å². The smallest absolute Gasteiger partial charge is 0.405 e. The Morgan fingerprint density at radius 1 is 1.27 bits per heavy atom. The van der Waals surface area contributed by atoms with Gasteiger partial charge in [-0.05, 0) is 31.5 Å². The third-order valence-electron chi connectivity index (χ3n) is 5.77. The topological polar surface area (TPSA) is 120 Å². The summed E-state index contributed by atoms with van der Waals surface area (Å²) in [6, 6.07) is 5.41. The molecule has 196 valence electrons. The largest absolute Gasteiger partial charge is 0.505 e. The highest BCUT2D eigenvalue weighted by atomic mass is 19.4. The van der Waals surface area contributed by atoms with E-state index in [4.69, 9.17) is 9.47 Å². The summed E-state index contributed by atoms with van der Waals surface area (Å²) in [6.07, 6.45) is -3.35. The maximum atomic E-state index is 13.4. The number of hydrogen-bond donors (Lipinski definition) is 2. The molecule has 0 radical (unpaired) electrons. The molecule has 4 rings (SSSR count). The van der Waals surface area contributed by atoms with Crippen molar-refractivity contribution in [2.45, 2.75) is 38.6 Å². The molecular formula is C24H21F4N3O6. The molecule has 1 atom stereocenters. The van der Waals surface area contributed by atoms with Gasteiger partial charge >= 0.3 is 12.1 Å². The zero-order chi connectivity index (χ0) is 27.1. The maximum absolute atomic E-state index is 13.4. The highest BCUT2D eigenvalue weighted by Crippen LogP contribution is 2.40. The van der Waals surface area contributed by atoms with Crippen molar-refractivity contribution in [3.63, 3.8) is 0 Å². The first-order valence-electron chi connectivity index (χ1n) is 11.1. The van der Waals surface area contributed by atoms with Gasteiger partial charge in [0.25, 0.3) is 11.5 Å². The molecule has 0 saturated heterocycles. The van der Waals surface area contributed by atoms with Gasteiger partial charge in [0.05, 0.1) is 13.2 Å². The van der Waals surface area contributed by atoms with Crippen LogP contribution in [0.15, 0.2) is 35.3 Å². The Labute approximate surface area is 206 Å². The van der Waals surface area contributed by atoms with E-state index < -0.39 is 59.4 Å². The third-order valence-corrected chi connectivity index (χ3v) is 5.77. The van der Waals surface area contributed by atoms with Crippen LogP contribution in [0.25, 0.3) is 11.0 Å². The molecule has 2 N–H and O–H groups in total. The number of benzene rings is 1. The standard InChI is InChI=1S/C24H21F4N3O6/c1-3-36-21(34)15-18(32)16-17-19(13(9-29-16)8-12-4-6-14(25)7-5-12)37-23(2,11-31(17)20(15)33)22(35)30-10-24(26,27)28/h4-7,9,32H,3,8,10-11H2,1-2H3,(H,30,35)/t23-/m1/s1. The second-order valence-electron chi connectivity index (χ2n) is 8.58. The van der Waals surface area contributed by atoms with Gasteiger partial charge in [-0.25, -0.2) is 9.18 Å². The average Bonchev–Trinajstić information content (AvgIpc) is 2.82. The number of rotatable bonds is 6. The summed E-state index contributed by atoms with van der Waals surface area (Å²) in [4.78, 5) is 42.8. The molecular weight excluding hydrogens is 502 g/mol. The van der Waals surface area contributed by atoms with Crippen molar-refractivity contribution >= 4 is 22.9 Å². The molecule has 1 aliphatic rings. The minimum absolute atomic E-state index is 0.0590. The molecule has 0 unspecified atom stereocenters. The Bertz CT molecular complexity index is 1450. The van der Waals surface area contributed by atoms with Crippen LogP contribution in [0.2, 0.25) is 0 Å². The average molecular weight is 523 g/mol. The normalized spacial score (nSPS) is 16.8. The highest BCUT2D eigenvalue weighted by molar-refractivity contribution is 6.00. The van der Waals surface area contributed by atoms with Crippen molar-refractivity contribution < 1.29 is 41.7 Å². The lowest BCUT2D eigenvalue weighted by Gasteiger charge is -2.36. The summed E-state index contributed by atoms with van der Waals surface area (Å²) in [7, 11) is 0. The summed E-state index contributed by atoms with van der Waals surface area (Å²) in [5, 5.41) is 12.5. The monoisotopic (exact) mass is 523 g/mol. The first kappa shape index (κ1) is 25.9. The van der Waals surface area contributed by atoms with Gasteiger partial charge in [0.1, 0.15) is 23.4 Å². The number of amides is 1. The summed E-state index contributed by atoms with van der Waals surface area (Å²) < 4.78 is 63.4. The summed E-state index contributed by atoms with van der Waals surface area (Å²) in [6.45, 7) is 0.355. The Morgan fingerprint density at radius 2 is 1.95 bits per heavy atom. The number of esters is 1. The van der Waals surface area contributed by atoms with Gasteiger partial charge in [0, 0.05) is 18.2 Å². The molecule has 0 fully saturated rings. The molecule has 3 aromatic rings. The molecule has 0 aliphatic carbocycles. The molecule has 1 aliphatic heterocycles. The number of halogens is 4. The maximum Gasteiger partial charge on any atom is 0.405 e. The molecule has 0 spiro atoms. The van der Waals surface area contributed by atoms with E-state index >= 15 is 0 Å². The lowest BCUT2D eigenvalue weighted by Crippen LogP contribution is -2.56. The van der Waals surface area contributed by atoms with Gasteiger partial charge < -0.3 is 19.9 Å². The van der Waals surface area contributed by atoms with E-state index in [2.05, 4.69) is 4.98 Å². The minimum Gasteiger partial charge on any atom is -0.505 e. The van der Waals surface area contributed by atoms with Crippen molar-refractivity contribution in [3.8, 4) is 11.5 Å². The molecule has 1 amide bonds. The van der Waals surface area contributed by atoms with Crippen molar-refractivity contribution in [1.29, 1.82) is 0 Å². The Morgan fingerprint density at radius 3 is 2.57 bits per heavy atom. The Hall–Kier alpha value is -4.16. The minimum atomic E-state index is -4.70. The van der Waals surface area contributed by atoms with Gasteiger partial charge in [-0.1, -0.05) is 12.1 Å². The van der Waals surface area contributed by atoms with Crippen molar-refractivity contribution in [3.05, 3.63) is 63.3 Å².